The second-order valence-electron chi connectivity index (χ2n) is 3.82. The Labute approximate surface area is 110 Å². The number of nitrogens with two attached hydrogens (primary N) is 1. The average Bonchev–Trinajstić information content (AvgIpc) is 2.61. The maximum absolute atomic E-state index is 10.5. The molecule has 5 heteroatoms. The van der Waals surface area contributed by atoms with Crippen molar-refractivity contribution in [2.75, 3.05) is 0 Å². The molecule has 0 fully saturated rings. The highest BCUT2D eigenvalue weighted by Gasteiger charge is 2.11. The zero-order valence-corrected chi connectivity index (χ0v) is 10.8. The van der Waals surface area contributed by atoms with Crippen LogP contribution in [0.3, 0.4) is 0 Å². The lowest BCUT2D eigenvalue weighted by atomic mass is 10.0. The van der Waals surface area contributed by atoms with E-state index in [0.717, 1.165) is 5.56 Å². The van der Waals surface area contributed by atoms with Gasteiger partial charge >= 0.3 is 5.97 Å². The smallest absolute Gasteiger partial charge is 0.304 e. The first kappa shape index (κ1) is 14.0. The molecule has 0 saturated heterocycles. The Morgan fingerprint density at radius 3 is 2.82 bits per heavy atom. The lowest BCUT2D eigenvalue weighted by molar-refractivity contribution is -0.137. The number of rotatable bonds is 4. The fourth-order valence-electron chi connectivity index (χ4n) is 1.77. The van der Waals surface area contributed by atoms with Gasteiger partial charge in [0.2, 0.25) is 0 Å². The van der Waals surface area contributed by atoms with Crippen LogP contribution in [0.5, 0.6) is 0 Å². The van der Waals surface area contributed by atoms with Gasteiger partial charge in [-0.05, 0) is 28.8 Å². The maximum Gasteiger partial charge on any atom is 0.304 e. The number of aliphatic carboxylic acids is 1. The molecule has 0 saturated carbocycles. The van der Waals surface area contributed by atoms with Gasteiger partial charge in [-0.15, -0.1) is 23.7 Å². The van der Waals surface area contributed by atoms with Gasteiger partial charge in [-0.25, -0.2) is 0 Å². The zero-order chi connectivity index (χ0) is 11.5. The second kappa shape index (κ2) is 6.00. The molecule has 0 bridgehead atoms. The Balaban J connectivity index is 0.00000144. The van der Waals surface area contributed by atoms with E-state index < -0.39 is 5.97 Å². The van der Waals surface area contributed by atoms with Crippen molar-refractivity contribution in [1.82, 2.24) is 0 Å². The average molecular weight is 272 g/mol. The van der Waals surface area contributed by atoms with Crippen molar-refractivity contribution in [2.24, 2.45) is 5.73 Å². The largest absolute Gasteiger partial charge is 0.481 e. The van der Waals surface area contributed by atoms with Crippen LogP contribution in [0.2, 0.25) is 0 Å². The van der Waals surface area contributed by atoms with Crippen molar-refractivity contribution in [3.8, 4) is 0 Å². The minimum Gasteiger partial charge on any atom is -0.481 e. The first-order valence-electron chi connectivity index (χ1n) is 5.09. The van der Waals surface area contributed by atoms with E-state index in [4.69, 9.17) is 10.8 Å². The van der Waals surface area contributed by atoms with Crippen molar-refractivity contribution in [3.63, 3.8) is 0 Å². The lowest BCUT2D eigenvalue weighted by Gasteiger charge is -2.07. The molecule has 3 N–H and O–H groups in total. The van der Waals surface area contributed by atoms with Gasteiger partial charge in [0.15, 0.2) is 0 Å². The van der Waals surface area contributed by atoms with Gasteiger partial charge in [-0.3, -0.25) is 4.79 Å². The third kappa shape index (κ3) is 3.43. The maximum atomic E-state index is 10.5. The minimum atomic E-state index is -0.841. The van der Waals surface area contributed by atoms with E-state index in [2.05, 4.69) is 17.5 Å². The first-order valence-corrected chi connectivity index (χ1v) is 5.97. The van der Waals surface area contributed by atoms with E-state index in [0.29, 0.717) is 6.42 Å². The van der Waals surface area contributed by atoms with Crippen molar-refractivity contribution in [3.05, 3.63) is 35.2 Å². The number of fused-ring (bicyclic) bond motifs is 1. The molecule has 17 heavy (non-hydrogen) atoms. The Morgan fingerprint density at radius 1 is 1.41 bits per heavy atom. The number of carbonyl (C=O) groups is 1. The second-order valence-corrected chi connectivity index (χ2v) is 4.73. The third-order valence-corrected chi connectivity index (χ3v) is 3.49. The molecule has 0 aliphatic rings. The monoisotopic (exact) mass is 271 g/mol. The summed E-state index contributed by atoms with van der Waals surface area (Å²) in [5.41, 5.74) is 6.93. The topological polar surface area (TPSA) is 63.3 Å². The van der Waals surface area contributed by atoms with Gasteiger partial charge in [0, 0.05) is 10.7 Å². The van der Waals surface area contributed by atoms with Crippen LogP contribution < -0.4 is 5.73 Å². The number of carboxylic acid groups (broad SMARTS) is 1. The fourth-order valence-corrected chi connectivity index (χ4v) is 2.75. The van der Waals surface area contributed by atoms with Crippen LogP contribution in [0.1, 0.15) is 12.0 Å². The summed E-state index contributed by atoms with van der Waals surface area (Å²) in [4.78, 5) is 10.5. The van der Waals surface area contributed by atoms with Crippen LogP contribution in [-0.4, -0.2) is 17.1 Å². The lowest BCUT2D eigenvalue weighted by Crippen LogP contribution is -2.25. The van der Waals surface area contributed by atoms with Crippen LogP contribution in [0, 0.1) is 0 Å². The SMILES string of the molecule is Cl.N[C@H](CC(=O)O)Cc1csc2ccccc12. The van der Waals surface area contributed by atoms with Crippen molar-refractivity contribution in [2.45, 2.75) is 18.9 Å². The third-order valence-electron chi connectivity index (χ3n) is 2.48. The summed E-state index contributed by atoms with van der Waals surface area (Å²) in [6.07, 6.45) is 0.639. The minimum absolute atomic E-state index is 0. The molecular weight excluding hydrogens is 258 g/mol. The normalized spacial score (nSPS) is 12.1. The Bertz CT molecular complexity index is 512. The van der Waals surface area contributed by atoms with E-state index in [1.165, 1.54) is 10.1 Å². The summed E-state index contributed by atoms with van der Waals surface area (Å²) >= 11 is 1.67. The predicted octanol–water partition coefficient (Wildman–Crippen LogP) is 2.67. The molecule has 92 valence electrons. The van der Waals surface area contributed by atoms with Crippen LogP contribution in [0.4, 0.5) is 0 Å². The van der Waals surface area contributed by atoms with Crippen LogP contribution in [0.25, 0.3) is 10.1 Å². The van der Waals surface area contributed by atoms with E-state index in [-0.39, 0.29) is 24.9 Å². The van der Waals surface area contributed by atoms with E-state index in [1.54, 1.807) is 11.3 Å². The summed E-state index contributed by atoms with van der Waals surface area (Å²) in [6, 6.07) is 7.79. The number of halogens is 1. The standard InChI is InChI=1S/C12H13NO2S.ClH/c13-9(6-12(14)15)5-8-7-16-11-4-2-1-3-10(8)11;/h1-4,7,9H,5-6,13H2,(H,14,15);1H/t9-;/m0./s1. The van der Waals surface area contributed by atoms with E-state index in [9.17, 15) is 4.79 Å². The molecule has 0 unspecified atom stereocenters. The summed E-state index contributed by atoms with van der Waals surface area (Å²) in [5, 5.41) is 11.9. The number of thiophene rings is 1. The molecule has 1 aromatic heterocycles. The number of hydrogen-bond acceptors (Lipinski definition) is 3. The van der Waals surface area contributed by atoms with Gasteiger partial charge in [0.05, 0.1) is 6.42 Å². The highest BCUT2D eigenvalue weighted by molar-refractivity contribution is 7.17. The molecule has 1 aromatic carbocycles. The molecule has 2 rings (SSSR count). The van der Waals surface area contributed by atoms with E-state index in [1.807, 2.05) is 12.1 Å². The Hall–Kier alpha value is -1.10. The molecular formula is C12H14ClNO2S. The van der Waals surface area contributed by atoms with Crippen LogP contribution in [-0.2, 0) is 11.2 Å². The molecule has 2 aromatic rings. The Kier molecular flexibility index (Phi) is 4.93. The van der Waals surface area contributed by atoms with Gasteiger partial charge in [0.1, 0.15) is 0 Å². The molecule has 3 nitrogen and oxygen atoms in total. The van der Waals surface area contributed by atoms with Gasteiger partial charge < -0.3 is 10.8 Å². The zero-order valence-electron chi connectivity index (χ0n) is 9.13. The highest BCUT2D eigenvalue weighted by atomic mass is 35.5. The quantitative estimate of drug-likeness (QED) is 0.899. The van der Waals surface area contributed by atoms with Crippen molar-refractivity contribution >= 4 is 39.8 Å². The molecule has 0 spiro atoms. The van der Waals surface area contributed by atoms with Crippen LogP contribution >= 0.6 is 23.7 Å². The number of benzene rings is 1. The van der Waals surface area contributed by atoms with Gasteiger partial charge in [-0.1, -0.05) is 18.2 Å². The van der Waals surface area contributed by atoms with Gasteiger partial charge in [0.25, 0.3) is 0 Å². The predicted molar refractivity (Wildman–Crippen MR) is 73.0 cm³/mol. The summed E-state index contributed by atoms with van der Waals surface area (Å²) < 4.78 is 1.22. The Morgan fingerprint density at radius 2 is 2.12 bits per heavy atom. The fraction of sp³-hybridized carbons (Fsp3) is 0.250. The number of carboxylic acids is 1. The van der Waals surface area contributed by atoms with Crippen LogP contribution in [0.15, 0.2) is 29.6 Å². The molecule has 0 aliphatic carbocycles. The first-order chi connectivity index (χ1) is 7.66. The highest BCUT2D eigenvalue weighted by Crippen LogP contribution is 2.26. The summed E-state index contributed by atoms with van der Waals surface area (Å²) in [6.45, 7) is 0. The van der Waals surface area contributed by atoms with E-state index >= 15 is 0 Å². The van der Waals surface area contributed by atoms with Crippen molar-refractivity contribution in [1.29, 1.82) is 0 Å². The molecule has 0 aliphatic heterocycles. The molecule has 0 radical (unpaired) electrons. The molecule has 1 heterocycles. The van der Waals surface area contributed by atoms with Gasteiger partial charge in [-0.2, -0.15) is 0 Å². The summed E-state index contributed by atoms with van der Waals surface area (Å²) in [7, 11) is 0. The molecule has 1 atom stereocenters. The summed E-state index contributed by atoms with van der Waals surface area (Å²) in [5.74, 6) is -0.841. The molecule has 0 amide bonds. The van der Waals surface area contributed by atoms with Crippen molar-refractivity contribution < 1.29 is 9.90 Å². The number of hydrogen-bond donors (Lipinski definition) is 2.